The second kappa shape index (κ2) is 7.40. The molecule has 0 unspecified atom stereocenters. The maximum absolute atomic E-state index is 13.3. The predicted molar refractivity (Wildman–Crippen MR) is 120 cm³/mol. The second-order valence-corrected chi connectivity index (χ2v) is 7.76. The first kappa shape index (κ1) is 19.1. The van der Waals surface area contributed by atoms with E-state index in [9.17, 15) is 9.59 Å². The summed E-state index contributed by atoms with van der Waals surface area (Å²) in [5.41, 5.74) is 4.45. The Hall–Kier alpha value is -3.93. The Morgan fingerprint density at radius 3 is 2.61 bits per heavy atom. The fourth-order valence-corrected chi connectivity index (χ4v) is 4.24. The van der Waals surface area contributed by atoms with Gasteiger partial charge in [0.25, 0.3) is 5.56 Å². The number of aromatic amines is 1. The number of pyridine rings is 1. The van der Waals surface area contributed by atoms with Gasteiger partial charge in [0, 0.05) is 29.8 Å². The Labute approximate surface area is 178 Å². The molecular weight excluding hydrogens is 390 g/mol. The van der Waals surface area contributed by atoms with Crippen molar-refractivity contribution in [1.29, 1.82) is 0 Å². The molecule has 0 saturated carbocycles. The minimum atomic E-state index is -0.376. The SMILES string of the molecule is CC(=O)N1N=C(c2c(-c3ccccc3)c3cc(C)ccc3[nH]c2=O)C[C@@H]1c1ccco1. The zero-order chi connectivity index (χ0) is 21.5. The first-order chi connectivity index (χ1) is 15.0. The molecule has 0 saturated heterocycles. The summed E-state index contributed by atoms with van der Waals surface area (Å²) in [6.07, 6.45) is 1.97. The minimum Gasteiger partial charge on any atom is -0.467 e. The van der Waals surface area contributed by atoms with E-state index in [-0.39, 0.29) is 17.5 Å². The molecule has 1 atom stereocenters. The summed E-state index contributed by atoms with van der Waals surface area (Å²) in [6, 6.07) is 19.0. The predicted octanol–water partition coefficient (Wildman–Crippen LogP) is 4.79. The summed E-state index contributed by atoms with van der Waals surface area (Å²) >= 11 is 0. The van der Waals surface area contributed by atoms with E-state index in [4.69, 9.17) is 4.42 Å². The third-order valence-electron chi connectivity index (χ3n) is 5.63. The molecule has 0 fully saturated rings. The molecule has 4 aromatic rings. The summed E-state index contributed by atoms with van der Waals surface area (Å²) in [5.74, 6) is 0.439. The molecule has 2 aromatic heterocycles. The van der Waals surface area contributed by atoms with E-state index in [1.165, 1.54) is 11.9 Å². The van der Waals surface area contributed by atoms with Crippen LogP contribution in [0.25, 0.3) is 22.0 Å². The molecule has 6 nitrogen and oxygen atoms in total. The number of nitrogens with zero attached hydrogens (tertiary/aromatic N) is 2. The van der Waals surface area contributed by atoms with Crippen molar-refractivity contribution in [2.75, 3.05) is 0 Å². The van der Waals surface area contributed by atoms with Crippen molar-refractivity contribution in [3.63, 3.8) is 0 Å². The number of hydrazone groups is 1. The zero-order valence-electron chi connectivity index (χ0n) is 17.3. The van der Waals surface area contributed by atoms with Crippen molar-refractivity contribution >= 4 is 22.5 Å². The van der Waals surface area contributed by atoms with Gasteiger partial charge in [0.05, 0.1) is 17.5 Å². The summed E-state index contributed by atoms with van der Waals surface area (Å²) in [5, 5.41) is 6.94. The molecule has 0 spiro atoms. The van der Waals surface area contributed by atoms with Gasteiger partial charge in [0.15, 0.2) is 0 Å². The smallest absolute Gasteiger partial charge is 0.258 e. The van der Waals surface area contributed by atoms with Gasteiger partial charge < -0.3 is 9.40 Å². The Morgan fingerprint density at radius 2 is 1.90 bits per heavy atom. The van der Waals surface area contributed by atoms with Crippen LogP contribution in [0.5, 0.6) is 0 Å². The van der Waals surface area contributed by atoms with E-state index in [1.807, 2.05) is 55.5 Å². The van der Waals surface area contributed by atoms with Crippen LogP contribution in [0.2, 0.25) is 0 Å². The fraction of sp³-hybridized carbons (Fsp3) is 0.160. The molecule has 0 radical (unpaired) electrons. The number of benzene rings is 2. The van der Waals surface area contributed by atoms with Crippen LogP contribution in [0.1, 0.15) is 36.3 Å². The van der Waals surface area contributed by atoms with Gasteiger partial charge in [0.2, 0.25) is 5.91 Å². The molecule has 1 amide bonds. The lowest BCUT2D eigenvalue weighted by atomic mass is 9.91. The maximum atomic E-state index is 13.3. The maximum Gasteiger partial charge on any atom is 0.258 e. The number of H-pyrrole nitrogens is 1. The van der Waals surface area contributed by atoms with Crippen LogP contribution in [-0.2, 0) is 4.79 Å². The van der Waals surface area contributed by atoms with E-state index in [1.54, 1.807) is 12.3 Å². The molecule has 6 heteroatoms. The van der Waals surface area contributed by atoms with Gasteiger partial charge in [-0.2, -0.15) is 5.10 Å². The number of rotatable bonds is 3. The standard InChI is InChI=1S/C25H21N3O3/c1-15-10-11-19-18(13-15)23(17-7-4-3-5-8-17)24(25(30)26-19)20-14-21(22-9-6-12-31-22)28(27-20)16(2)29/h3-13,21H,14H2,1-2H3,(H,26,30)/t21-/m1/s1. The Kier molecular flexibility index (Phi) is 4.55. The van der Waals surface area contributed by atoms with Crippen LogP contribution >= 0.6 is 0 Å². The van der Waals surface area contributed by atoms with Gasteiger partial charge in [-0.1, -0.05) is 42.0 Å². The number of hydrogen-bond acceptors (Lipinski definition) is 4. The van der Waals surface area contributed by atoms with Gasteiger partial charge in [-0.25, -0.2) is 5.01 Å². The van der Waals surface area contributed by atoms with Gasteiger partial charge in [-0.15, -0.1) is 0 Å². The van der Waals surface area contributed by atoms with E-state index in [2.05, 4.69) is 16.2 Å². The van der Waals surface area contributed by atoms with Crippen molar-refractivity contribution < 1.29 is 9.21 Å². The molecule has 0 aliphatic carbocycles. The Bertz CT molecular complexity index is 1370. The Morgan fingerprint density at radius 1 is 1.10 bits per heavy atom. The van der Waals surface area contributed by atoms with Crippen LogP contribution in [-0.4, -0.2) is 21.6 Å². The highest BCUT2D eigenvalue weighted by Crippen LogP contribution is 2.37. The molecule has 1 aliphatic rings. The number of carbonyl (C=O) groups is 1. The molecule has 31 heavy (non-hydrogen) atoms. The quantitative estimate of drug-likeness (QED) is 0.526. The molecular formula is C25H21N3O3. The first-order valence-electron chi connectivity index (χ1n) is 10.2. The molecule has 2 aromatic carbocycles. The number of amides is 1. The lowest BCUT2D eigenvalue weighted by Crippen LogP contribution is -2.23. The second-order valence-electron chi connectivity index (χ2n) is 7.76. The zero-order valence-corrected chi connectivity index (χ0v) is 17.3. The van der Waals surface area contributed by atoms with Crippen LogP contribution in [0.15, 0.2) is 81.2 Å². The highest BCUT2D eigenvalue weighted by Gasteiger charge is 2.35. The Balaban J connectivity index is 1.77. The van der Waals surface area contributed by atoms with E-state index in [0.29, 0.717) is 23.5 Å². The number of furan rings is 1. The molecule has 3 heterocycles. The topological polar surface area (TPSA) is 78.7 Å². The summed E-state index contributed by atoms with van der Waals surface area (Å²) in [4.78, 5) is 28.6. The number of nitrogens with one attached hydrogen (secondary N) is 1. The lowest BCUT2D eigenvalue weighted by molar-refractivity contribution is -0.130. The number of hydrogen-bond donors (Lipinski definition) is 1. The van der Waals surface area contributed by atoms with E-state index in [0.717, 1.165) is 27.6 Å². The van der Waals surface area contributed by atoms with E-state index < -0.39 is 0 Å². The van der Waals surface area contributed by atoms with Crippen molar-refractivity contribution in [2.24, 2.45) is 5.10 Å². The minimum absolute atomic E-state index is 0.203. The first-order valence-corrected chi connectivity index (χ1v) is 10.2. The number of fused-ring (bicyclic) bond motifs is 1. The number of aromatic nitrogens is 1. The van der Waals surface area contributed by atoms with Crippen molar-refractivity contribution in [3.05, 3.63) is 94.2 Å². The fourth-order valence-electron chi connectivity index (χ4n) is 4.24. The molecule has 1 aliphatic heterocycles. The highest BCUT2D eigenvalue weighted by molar-refractivity contribution is 6.12. The van der Waals surface area contributed by atoms with Crippen LogP contribution < -0.4 is 5.56 Å². The lowest BCUT2D eigenvalue weighted by Gasteiger charge is -2.17. The van der Waals surface area contributed by atoms with Crippen molar-refractivity contribution in [3.8, 4) is 11.1 Å². The average Bonchev–Trinajstić information content (AvgIpc) is 3.43. The van der Waals surface area contributed by atoms with Crippen LogP contribution in [0, 0.1) is 6.92 Å². The van der Waals surface area contributed by atoms with Gasteiger partial charge in [-0.3, -0.25) is 9.59 Å². The molecule has 5 rings (SSSR count). The van der Waals surface area contributed by atoms with Gasteiger partial charge >= 0.3 is 0 Å². The van der Waals surface area contributed by atoms with Crippen molar-refractivity contribution in [2.45, 2.75) is 26.3 Å². The normalized spacial score (nSPS) is 16.0. The number of aryl methyl sites for hydroxylation is 1. The van der Waals surface area contributed by atoms with Crippen molar-refractivity contribution in [1.82, 2.24) is 9.99 Å². The van der Waals surface area contributed by atoms with Crippen LogP contribution in [0.4, 0.5) is 0 Å². The highest BCUT2D eigenvalue weighted by atomic mass is 16.3. The van der Waals surface area contributed by atoms with E-state index >= 15 is 0 Å². The largest absolute Gasteiger partial charge is 0.467 e. The van der Waals surface area contributed by atoms with Crippen LogP contribution in [0.3, 0.4) is 0 Å². The monoisotopic (exact) mass is 411 g/mol. The molecule has 1 N–H and O–H groups in total. The average molecular weight is 411 g/mol. The molecule has 154 valence electrons. The summed E-state index contributed by atoms with van der Waals surface area (Å²) in [6.45, 7) is 3.49. The third-order valence-corrected chi connectivity index (χ3v) is 5.63. The summed E-state index contributed by atoms with van der Waals surface area (Å²) < 4.78 is 5.56. The third kappa shape index (κ3) is 3.26. The molecule has 0 bridgehead atoms. The number of carbonyl (C=O) groups excluding carboxylic acids is 1. The summed E-state index contributed by atoms with van der Waals surface area (Å²) in [7, 11) is 0. The van der Waals surface area contributed by atoms with Gasteiger partial charge in [-0.05, 0) is 36.8 Å². The van der Waals surface area contributed by atoms with Gasteiger partial charge in [0.1, 0.15) is 11.8 Å².